The Labute approximate surface area is 96.4 Å². The molecular formula is C9H17ClN2O2S. The van der Waals surface area contributed by atoms with Crippen molar-refractivity contribution < 1.29 is 8.42 Å². The summed E-state index contributed by atoms with van der Waals surface area (Å²) < 4.78 is 27.4. The molecule has 0 aromatic rings. The first-order valence-corrected chi connectivity index (χ1v) is 7.33. The molecule has 2 saturated heterocycles. The Hall–Kier alpha value is 0.160. The van der Waals surface area contributed by atoms with Gasteiger partial charge in [0, 0.05) is 31.6 Å². The molecule has 0 bridgehead atoms. The third-order valence-corrected chi connectivity index (χ3v) is 5.42. The second kappa shape index (κ2) is 4.57. The average molecular weight is 253 g/mol. The standard InChI is InChI=1S/C9H17ClN2O2S/c10-9-4-7-12(8-9)15(13,14)11-5-2-1-3-6-11/h9H,1-8H2. The van der Waals surface area contributed by atoms with Crippen molar-refractivity contribution >= 4 is 21.8 Å². The Morgan fingerprint density at radius 1 is 1.00 bits per heavy atom. The van der Waals surface area contributed by atoms with Gasteiger partial charge in [0.2, 0.25) is 0 Å². The van der Waals surface area contributed by atoms with Gasteiger partial charge in [0.25, 0.3) is 10.2 Å². The van der Waals surface area contributed by atoms with E-state index in [0.717, 1.165) is 25.7 Å². The van der Waals surface area contributed by atoms with Gasteiger partial charge in [0.15, 0.2) is 0 Å². The van der Waals surface area contributed by atoms with Gasteiger partial charge in [0.1, 0.15) is 0 Å². The topological polar surface area (TPSA) is 40.6 Å². The van der Waals surface area contributed by atoms with Crippen molar-refractivity contribution in [1.82, 2.24) is 8.61 Å². The van der Waals surface area contributed by atoms with E-state index in [2.05, 4.69) is 0 Å². The predicted octanol–water partition coefficient (Wildman–Crippen LogP) is 1.03. The van der Waals surface area contributed by atoms with Crippen LogP contribution < -0.4 is 0 Å². The SMILES string of the molecule is O=S(=O)(N1CCCCC1)N1CCC(Cl)C1. The van der Waals surface area contributed by atoms with Crippen LogP contribution >= 0.6 is 11.6 Å². The number of rotatable bonds is 2. The lowest BCUT2D eigenvalue weighted by Crippen LogP contribution is -2.45. The van der Waals surface area contributed by atoms with Crippen LogP contribution in [0.25, 0.3) is 0 Å². The first kappa shape index (κ1) is 11.6. The summed E-state index contributed by atoms with van der Waals surface area (Å²) in [6.45, 7) is 2.39. The number of nitrogens with zero attached hydrogens (tertiary/aromatic N) is 2. The molecule has 6 heteroatoms. The van der Waals surface area contributed by atoms with Crippen LogP contribution in [0.4, 0.5) is 0 Å². The first-order valence-electron chi connectivity index (χ1n) is 5.50. The van der Waals surface area contributed by atoms with Gasteiger partial charge >= 0.3 is 0 Å². The lowest BCUT2D eigenvalue weighted by molar-refractivity contribution is 0.316. The first-order chi connectivity index (χ1) is 7.10. The fraction of sp³-hybridized carbons (Fsp3) is 1.00. The number of alkyl halides is 1. The zero-order valence-electron chi connectivity index (χ0n) is 8.73. The highest BCUT2D eigenvalue weighted by Crippen LogP contribution is 2.22. The van der Waals surface area contributed by atoms with Crippen LogP contribution in [0.2, 0.25) is 0 Å². The maximum Gasteiger partial charge on any atom is 0.282 e. The van der Waals surface area contributed by atoms with Crippen LogP contribution in [0.1, 0.15) is 25.7 Å². The third kappa shape index (κ3) is 2.46. The van der Waals surface area contributed by atoms with Crippen molar-refractivity contribution in [1.29, 1.82) is 0 Å². The highest BCUT2D eigenvalue weighted by molar-refractivity contribution is 7.86. The van der Waals surface area contributed by atoms with Crippen molar-refractivity contribution in [2.45, 2.75) is 31.1 Å². The summed E-state index contributed by atoms with van der Waals surface area (Å²) in [5.74, 6) is 0. The molecule has 88 valence electrons. The van der Waals surface area contributed by atoms with Crippen LogP contribution in [0.5, 0.6) is 0 Å². The molecule has 0 N–H and O–H groups in total. The van der Waals surface area contributed by atoms with Crippen molar-refractivity contribution in [3.63, 3.8) is 0 Å². The molecule has 0 saturated carbocycles. The highest BCUT2D eigenvalue weighted by Gasteiger charge is 2.35. The Morgan fingerprint density at radius 2 is 1.67 bits per heavy atom. The summed E-state index contributed by atoms with van der Waals surface area (Å²) in [4.78, 5) is 0. The number of halogens is 1. The fourth-order valence-electron chi connectivity index (χ4n) is 2.16. The predicted molar refractivity (Wildman–Crippen MR) is 60.2 cm³/mol. The molecule has 1 atom stereocenters. The molecule has 1 unspecified atom stereocenters. The summed E-state index contributed by atoms with van der Waals surface area (Å²) >= 11 is 5.93. The normalized spacial score (nSPS) is 30.9. The van der Waals surface area contributed by atoms with E-state index in [1.807, 2.05) is 0 Å². The van der Waals surface area contributed by atoms with Gasteiger partial charge in [-0.25, -0.2) is 0 Å². The molecule has 0 aromatic carbocycles. The van der Waals surface area contributed by atoms with E-state index in [4.69, 9.17) is 11.6 Å². The Balaban J connectivity index is 2.05. The minimum atomic E-state index is -3.21. The van der Waals surface area contributed by atoms with E-state index < -0.39 is 10.2 Å². The Kier molecular flexibility index (Phi) is 3.55. The van der Waals surface area contributed by atoms with Crippen molar-refractivity contribution in [3.05, 3.63) is 0 Å². The molecule has 0 amide bonds. The molecule has 0 radical (unpaired) electrons. The Morgan fingerprint density at radius 3 is 2.20 bits per heavy atom. The molecule has 2 heterocycles. The smallest absolute Gasteiger partial charge is 0.195 e. The molecule has 2 aliphatic rings. The van der Waals surface area contributed by atoms with E-state index in [0.29, 0.717) is 26.2 Å². The molecule has 0 aliphatic carbocycles. The van der Waals surface area contributed by atoms with Crippen LogP contribution in [-0.2, 0) is 10.2 Å². The van der Waals surface area contributed by atoms with E-state index in [9.17, 15) is 8.42 Å². The van der Waals surface area contributed by atoms with E-state index >= 15 is 0 Å². The second-order valence-electron chi connectivity index (χ2n) is 4.21. The van der Waals surface area contributed by atoms with Gasteiger partial charge in [-0.05, 0) is 19.3 Å². The number of piperidine rings is 1. The van der Waals surface area contributed by atoms with Crippen molar-refractivity contribution in [2.75, 3.05) is 26.2 Å². The highest BCUT2D eigenvalue weighted by atomic mass is 35.5. The third-order valence-electron chi connectivity index (χ3n) is 3.06. The quantitative estimate of drug-likeness (QED) is 0.689. The molecule has 15 heavy (non-hydrogen) atoms. The van der Waals surface area contributed by atoms with Crippen LogP contribution in [0, 0.1) is 0 Å². The second-order valence-corrected chi connectivity index (χ2v) is 6.76. The lowest BCUT2D eigenvalue weighted by atomic mass is 10.2. The number of hydrogen-bond donors (Lipinski definition) is 0. The van der Waals surface area contributed by atoms with E-state index in [1.165, 1.54) is 4.31 Å². The summed E-state index contributed by atoms with van der Waals surface area (Å²) in [6, 6.07) is 0. The molecule has 2 fully saturated rings. The van der Waals surface area contributed by atoms with E-state index in [1.54, 1.807) is 4.31 Å². The van der Waals surface area contributed by atoms with Gasteiger partial charge in [-0.2, -0.15) is 17.0 Å². The minimum absolute atomic E-state index is 0.00966. The van der Waals surface area contributed by atoms with Crippen LogP contribution in [0.3, 0.4) is 0 Å². The van der Waals surface area contributed by atoms with Crippen molar-refractivity contribution in [3.8, 4) is 0 Å². The largest absolute Gasteiger partial charge is 0.282 e. The monoisotopic (exact) mass is 252 g/mol. The van der Waals surface area contributed by atoms with Gasteiger partial charge in [-0.1, -0.05) is 6.42 Å². The summed E-state index contributed by atoms with van der Waals surface area (Å²) in [6.07, 6.45) is 3.88. The molecule has 0 aromatic heterocycles. The number of hydrogen-bond acceptors (Lipinski definition) is 2. The maximum atomic E-state index is 12.1. The molecule has 2 aliphatic heterocycles. The van der Waals surface area contributed by atoms with Gasteiger partial charge in [-0.15, -0.1) is 11.6 Å². The van der Waals surface area contributed by atoms with E-state index in [-0.39, 0.29) is 5.38 Å². The average Bonchev–Trinajstić information content (AvgIpc) is 2.67. The maximum absolute atomic E-state index is 12.1. The van der Waals surface area contributed by atoms with Crippen molar-refractivity contribution in [2.24, 2.45) is 0 Å². The Bertz CT molecular complexity index is 303. The van der Waals surface area contributed by atoms with Crippen LogP contribution in [-0.4, -0.2) is 48.6 Å². The molecular weight excluding hydrogens is 236 g/mol. The zero-order valence-corrected chi connectivity index (χ0v) is 10.3. The fourth-order valence-corrected chi connectivity index (χ4v) is 4.25. The zero-order chi connectivity index (χ0) is 10.9. The minimum Gasteiger partial charge on any atom is -0.195 e. The van der Waals surface area contributed by atoms with Gasteiger partial charge in [-0.3, -0.25) is 0 Å². The van der Waals surface area contributed by atoms with Gasteiger partial charge in [0.05, 0.1) is 0 Å². The summed E-state index contributed by atoms with van der Waals surface area (Å²) in [5.41, 5.74) is 0. The molecule has 4 nitrogen and oxygen atoms in total. The molecule has 2 rings (SSSR count). The lowest BCUT2D eigenvalue weighted by Gasteiger charge is -2.29. The van der Waals surface area contributed by atoms with Crippen LogP contribution in [0.15, 0.2) is 0 Å². The van der Waals surface area contributed by atoms with Gasteiger partial charge < -0.3 is 0 Å². The summed E-state index contributed by atoms with van der Waals surface area (Å²) in [7, 11) is -3.21. The molecule has 0 spiro atoms. The summed E-state index contributed by atoms with van der Waals surface area (Å²) in [5, 5.41) is -0.00966.